The van der Waals surface area contributed by atoms with Gasteiger partial charge in [-0.3, -0.25) is 0 Å². The second kappa shape index (κ2) is 7.98. The zero-order chi connectivity index (χ0) is 17.6. The molecule has 0 atom stereocenters. The lowest BCUT2D eigenvalue weighted by atomic mass is 10.2. The predicted octanol–water partition coefficient (Wildman–Crippen LogP) is 1.67. The first-order chi connectivity index (χ1) is 11.4. The Balaban J connectivity index is 1.76. The van der Waals surface area contributed by atoms with Gasteiger partial charge in [0.1, 0.15) is 0 Å². The molecule has 1 aromatic heterocycles. The van der Waals surface area contributed by atoms with Gasteiger partial charge in [-0.15, -0.1) is 0 Å². The molecule has 8 heteroatoms. The van der Waals surface area contributed by atoms with Crippen LogP contribution in [0.15, 0.2) is 46.1 Å². The normalized spacial score (nSPS) is 11.2. The molecule has 0 aliphatic carbocycles. The Morgan fingerprint density at radius 2 is 1.92 bits per heavy atom. The van der Waals surface area contributed by atoms with Gasteiger partial charge in [-0.25, -0.2) is 17.9 Å². The van der Waals surface area contributed by atoms with Crippen LogP contribution < -0.4 is 15.4 Å². The van der Waals surface area contributed by atoms with E-state index in [1.807, 2.05) is 13.0 Å². The molecule has 0 saturated heterocycles. The average Bonchev–Trinajstić information content (AvgIpc) is 3.05. The van der Waals surface area contributed by atoms with Gasteiger partial charge in [0.05, 0.1) is 17.4 Å². The van der Waals surface area contributed by atoms with Gasteiger partial charge in [-0.1, -0.05) is 12.1 Å². The van der Waals surface area contributed by atoms with Gasteiger partial charge in [0.15, 0.2) is 0 Å². The number of sulfonamides is 1. The Kier molecular flexibility index (Phi) is 5.99. The van der Waals surface area contributed by atoms with E-state index in [2.05, 4.69) is 15.4 Å². The molecule has 7 nitrogen and oxygen atoms in total. The van der Waals surface area contributed by atoms with E-state index in [-0.39, 0.29) is 24.0 Å². The van der Waals surface area contributed by atoms with E-state index in [4.69, 9.17) is 4.42 Å². The molecule has 0 unspecified atom stereocenters. The van der Waals surface area contributed by atoms with Gasteiger partial charge in [0.25, 0.3) is 0 Å². The van der Waals surface area contributed by atoms with E-state index in [0.717, 1.165) is 11.1 Å². The van der Waals surface area contributed by atoms with Crippen LogP contribution in [0.1, 0.15) is 16.7 Å². The number of furan rings is 1. The number of carbonyl (C=O) groups is 1. The maximum absolute atomic E-state index is 12.3. The van der Waals surface area contributed by atoms with Gasteiger partial charge in [0, 0.05) is 25.2 Å². The fraction of sp³-hybridized carbons (Fsp3) is 0.312. The highest BCUT2D eigenvalue weighted by atomic mass is 32.2. The Morgan fingerprint density at radius 3 is 2.62 bits per heavy atom. The highest BCUT2D eigenvalue weighted by Gasteiger charge is 2.16. The Hall–Kier alpha value is -2.32. The molecule has 0 fully saturated rings. The van der Waals surface area contributed by atoms with Crippen molar-refractivity contribution in [1.29, 1.82) is 0 Å². The van der Waals surface area contributed by atoms with Gasteiger partial charge >= 0.3 is 6.03 Å². The van der Waals surface area contributed by atoms with Crippen LogP contribution in [0.5, 0.6) is 0 Å². The number of urea groups is 1. The summed E-state index contributed by atoms with van der Waals surface area (Å²) in [5, 5.41) is 5.23. The first-order valence-corrected chi connectivity index (χ1v) is 8.96. The molecule has 2 rings (SSSR count). The van der Waals surface area contributed by atoms with Gasteiger partial charge in [-0.2, -0.15) is 0 Å². The number of amides is 2. The quantitative estimate of drug-likeness (QED) is 0.661. The van der Waals surface area contributed by atoms with Crippen molar-refractivity contribution in [2.24, 2.45) is 0 Å². The summed E-state index contributed by atoms with van der Waals surface area (Å²) in [7, 11) is -3.59. The zero-order valence-electron chi connectivity index (χ0n) is 13.6. The molecular formula is C16H21N3O4S. The van der Waals surface area contributed by atoms with E-state index in [1.54, 1.807) is 31.4 Å². The number of carbonyl (C=O) groups excluding carboxylic acids is 1. The fourth-order valence-electron chi connectivity index (χ4n) is 2.07. The predicted molar refractivity (Wildman–Crippen MR) is 90.1 cm³/mol. The molecule has 2 aromatic rings. The summed E-state index contributed by atoms with van der Waals surface area (Å²) in [4.78, 5) is 11.9. The van der Waals surface area contributed by atoms with Crippen LogP contribution >= 0.6 is 0 Å². The molecule has 3 N–H and O–H groups in total. The summed E-state index contributed by atoms with van der Waals surface area (Å²) in [6.07, 6.45) is 3.07. The van der Waals surface area contributed by atoms with Gasteiger partial charge in [-0.05, 0) is 37.1 Å². The van der Waals surface area contributed by atoms with Crippen molar-refractivity contribution in [3.63, 3.8) is 0 Å². The van der Waals surface area contributed by atoms with E-state index in [1.165, 1.54) is 6.26 Å². The number of nitrogens with one attached hydrogen (secondary N) is 3. The summed E-state index contributed by atoms with van der Waals surface area (Å²) >= 11 is 0. The Morgan fingerprint density at radius 1 is 1.12 bits per heavy atom. The lowest BCUT2D eigenvalue weighted by molar-refractivity contribution is 0.240. The second-order valence-corrected chi connectivity index (χ2v) is 7.14. The number of hydrogen-bond donors (Lipinski definition) is 3. The minimum Gasteiger partial charge on any atom is -0.472 e. The van der Waals surface area contributed by atoms with Gasteiger partial charge in [0.2, 0.25) is 10.0 Å². The number of aryl methyl sites for hydroxylation is 2. The SMILES string of the molecule is Cc1ccc(C)c(S(=O)(=O)NCCNC(=O)NCc2ccoc2)c1. The molecule has 0 radical (unpaired) electrons. The standard InChI is InChI=1S/C16H21N3O4S/c1-12-3-4-13(2)15(9-12)24(21,22)19-7-6-17-16(20)18-10-14-5-8-23-11-14/h3-5,8-9,11,19H,6-7,10H2,1-2H3,(H2,17,18,20). The lowest BCUT2D eigenvalue weighted by Gasteiger charge is -2.11. The summed E-state index contributed by atoms with van der Waals surface area (Å²) in [6.45, 7) is 4.21. The summed E-state index contributed by atoms with van der Waals surface area (Å²) in [5.41, 5.74) is 2.40. The lowest BCUT2D eigenvalue weighted by Crippen LogP contribution is -2.40. The van der Waals surface area contributed by atoms with Gasteiger partial charge < -0.3 is 15.1 Å². The van der Waals surface area contributed by atoms with E-state index in [0.29, 0.717) is 12.1 Å². The smallest absolute Gasteiger partial charge is 0.315 e. The third-order valence-electron chi connectivity index (χ3n) is 3.37. The fourth-order valence-corrected chi connectivity index (χ4v) is 3.43. The molecule has 0 saturated carbocycles. The molecule has 1 aromatic carbocycles. The summed E-state index contributed by atoms with van der Waals surface area (Å²) < 4.78 is 31.9. The topological polar surface area (TPSA) is 100 Å². The van der Waals surface area contributed by atoms with E-state index < -0.39 is 10.0 Å². The van der Waals surface area contributed by atoms with E-state index >= 15 is 0 Å². The molecule has 130 valence electrons. The number of benzene rings is 1. The third kappa shape index (κ3) is 5.10. The highest BCUT2D eigenvalue weighted by Crippen LogP contribution is 2.16. The van der Waals surface area contributed by atoms with Crippen LogP contribution in [0.2, 0.25) is 0 Å². The van der Waals surface area contributed by atoms with Crippen LogP contribution in [0.4, 0.5) is 4.79 Å². The molecule has 0 aliphatic heterocycles. The van der Waals surface area contributed by atoms with Crippen molar-refractivity contribution in [2.75, 3.05) is 13.1 Å². The zero-order valence-corrected chi connectivity index (χ0v) is 14.4. The van der Waals surface area contributed by atoms with Crippen molar-refractivity contribution in [3.05, 3.63) is 53.5 Å². The minimum atomic E-state index is -3.59. The molecular weight excluding hydrogens is 330 g/mol. The van der Waals surface area contributed by atoms with Crippen molar-refractivity contribution in [1.82, 2.24) is 15.4 Å². The highest BCUT2D eigenvalue weighted by molar-refractivity contribution is 7.89. The minimum absolute atomic E-state index is 0.106. The van der Waals surface area contributed by atoms with Crippen LogP contribution in [-0.2, 0) is 16.6 Å². The third-order valence-corrected chi connectivity index (χ3v) is 4.97. The number of rotatable bonds is 7. The van der Waals surface area contributed by atoms with Crippen LogP contribution in [0.3, 0.4) is 0 Å². The van der Waals surface area contributed by atoms with E-state index in [9.17, 15) is 13.2 Å². The largest absolute Gasteiger partial charge is 0.472 e. The maximum atomic E-state index is 12.3. The number of hydrogen-bond acceptors (Lipinski definition) is 4. The monoisotopic (exact) mass is 351 g/mol. The summed E-state index contributed by atoms with van der Waals surface area (Å²) in [5.74, 6) is 0. The maximum Gasteiger partial charge on any atom is 0.315 e. The molecule has 0 spiro atoms. The van der Waals surface area contributed by atoms with Crippen LogP contribution in [0.25, 0.3) is 0 Å². The Bertz CT molecular complexity index is 786. The average molecular weight is 351 g/mol. The first kappa shape index (κ1) is 18.0. The van der Waals surface area contributed by atoms with Crippen molar-refractivity contribution < 1.29 is 17.6 Å². The molecule has 1 heterocycles. The molecule has 24 heavy (non-hydrogen) atoms. The van der Waals surface area contributed by atoms with Crippen molar-refractivity contribution in [2.45, 2.75) is 25.3 Å². The Labute approximate surface area is 141 Å². The van der Waals surface area contributed by atoms with Crippen molar-refractivity contribution >= 4 is 16.1 Å². The molecule has 0 bridgehead atoms. The second-order valence-electron chi connectivity index (χ2n) is 5.41. The first-order valence-electron chi connectivity index (χ1n) is 7.48. The summed E-state index contributed by atoms with van der Waals surface area (Å²) in [6, 6.07) is 6.63. The molecule has 2 amide bonds. The van der Waals surface area contributed by atoms with Crippen molar-refractivity contribution in [3.8, 4) is 0 Å². The van der Waals surface area contributed by atoms with Crippen LogP contribution in [-0.4, -0.2) is 27.5 Å². The van der Waals surface area contributed by atoms with Crippen LogP contribution in [0, 0.1) is 13.8 Å². The molecule has 0 aliphatic rings.